The lowest BCUT2D eigenvalue weighted by Gasteiger charge is -2.21. The molecule has 0 saturated carbocycles. The summed E-state index contributed by atoms with van der Waals surface area (Å²) in [4.78, 5) is 12.3. The molecule has 126 valence electrons. The van der Waals surface area contributed by atoms with E-state index in [0.29, 0.717) is 11.3 Å². The van der Waals surface area contributed by atoms with Gasteiger partial charge in [0, 0.05) is 10.0 Å². The molecule has 0 aromatic heterocycles. The molecule has 0 bridgehead atoms. The third-order valence-corrected chi connectivity index (χ3v) is 4.28. The van der Waals surface area contributed by atoms with Crippen molar-refractivity contribution in [2.75, 3.05) is 5.32 Å². The van der Waals surface area contributed by atoms with E-state index in [9.17, 15) is 9.90 Å². The van der Waals surface area contributed by atoms with E-state index in [4.69, 9.17) is 12.2 Å². The molecule has 0 aliphatic heterocycles. The Labute approximate surface area is 155 Å². The zero-order valence-electron chi connectivity index (χ0n) is 13.7. The number of hydrogen-bond donors (Lipinski definition) is 3. The molecule has 0 aliphatic carbocycles. The third-order valence-electron chi connectivity index (χ3n) is 3.42. The van der Waals surface area contributed by atoms with E-state index in [2.05, 4.69) is 47.3 Å². The van der Waals surface area contributed by atoms with E-state index in [1.807, 2.05) is 6.07 Å². The summed E-state index contributed by atoms with van der Waals surface area (Å²) in [6, 6.07) is 12.1. The maximum absolute atomic E-state index is 12.3. The second-order valence-corrected chi connectivity index (χ2v) is 7.63. The molecule has 3 N–H and O–H groups in total. The number of benzene rings is 2. The van der Waals surface area contributed by atoms with Crippen LogP contribution in [0.15, 0.2) is 46.9 Å². The molecule has 0 radical (unpaired) electrons. The summed E-state index contributed by atoms with van der Waals surface area (Å²) in [5.74, 6) is -0.254. The smallest absolute Gasteiger partial charge is 0.257 e. The summed E-state index contributed by atoms with van der Waals surface area (Å²) in [5, 5.41) is 15.2. The van der Waals surface area contributed by atoms with Gasteiger partial charge in [-0.3, -0.25) is 10.1 Å². The van der Waals surface area contributed by atoms with Crippen LogP contribution < -0.4 is 10.6 Å². The predicted molar refractivity (Wildman–Crippen MR) is 105 cm³/mol. The van der Waals surface area contributed by atoms with Crippen molar-refractivity contribution in [3.8, 4) is 5.75 Å². The number of anilines is 1. The molecule has 0 unspecified atom stereocenters. The van der Waals surface area contributed by atoms with Crippen molar-refractivity contribution < 1.29 is 9.90 Å². The van der Waals surface area contributed by atoms with Gasteiger partial charge in [-0.1, -0.05) is 54.9 Å². The van der Waals surface area contributed by atoms with Gasteiger partial charge in [-0.2, -0.15) is 0 Å². The molecule has 24 heavy (non-hydrogen) atoms. The largest absolute Gasteiger partial charge is 0.506 e. The lowest BCUT2D eigenvalue weighted by atomic mass is 9.86. The van der Waals surface area contributed by atoms with Gasteiger partial charge in [0.05, 0.1) is 5.69 Å². The fourth-order valence-electron chi connectivity index (χ4n) is 2.17. The average Bonchev–Trinajstić information content (AvgIpc) is 2.48. The van der Waals surface area contributed by atoms with E-state index >= 15 is 0 Å². The molecule has 0 heterocycles. The fourth-order valence-corrected chi connectivity index (χ4v) is 3.35. The van der Waals surface area contributed by atoms with Crippen molar-refractivity contribution in [3.63, 3.8) is 0 Å². The topological polar surface area (TPSA) is 61.4 Å². The molecule has 0 spiro atoms. The summed E-state index contributed by atoms with van der Waals surface area (Å²) >= 11 is 8.64. The van der Waals surface area contributed by atoms with E-state index in [1.54, 1.807) is 30.3 Å². The van der Waals surface area contributed by atoms with Crippen LogP contribution in [0.2, 0.25) is 0 Å². The Balaban J connectivity index is 2.08. The second kappa shape index (κ2) is 7.32. The molecular weight excluding hydrogens is 388 g/mol. The van der Waals surface area contributed by atoms with Crippen LogP contribution in [0.25, 0.3) is 0 Å². The van der Waals surface area contributed by atoms with Gasteiger partial charge in [-0.25, -0.2) is 0 Å². The highest BCUT2D eigenvalue weighted by atomic mass is 79.9. The zero-order valence-corrected chi connectivity index (χ0v) is 16.1. The van der Waals surface area contributed by atoms with Gasteiger partial charge in [0.2, 0.25) is 0 Å². The first kappa shape index (κ1) is 18.4. The van der Waals surface area contributed by atoms with Crippen molar-refractivity contribution in [1.29, 1.82) is 0 Å². The minimum atomic E-state index is -0.316. The number of hydrogen-bond acceptors (Lipinski definition) is 3. The first-order chi connectivity index (χ1) is 11.2. The maximum atomic E-state index is 12.3. The SMILES string of the molecule is CC(C)(C)c1ccc(C(=O)NC(=S)Nc2ccccc2O)cc1Br. The average molecular weight is 407 g/mol. The molecule has 4 nitrogen and oxygen atoms in total. The maximum Gasteiger partial charge on any atom is 0.257 e. The summed E-state index contributed by atoms with van der Waals surface area (Å²) in [5.41, 5.74) is 2.03. The van der Waals surface area contributed by atoms with Gasteiger partial charge < -0.3 is 10.4 Å². The Morgan fingerprint density at radius 2 is 1.83 bits per heavy atom. The van der Waals surface area contributed by atoms with Crippen molar-refractivity contribution in [2.24, 2.45) is 0 Å². The number of thiocarbonyl (C=S) groups is 1. The lowest BCUT2D eigenvalue weighted by molar-refractivity contribution is 0.0977. The van der Waals surface area contributed by atoms with Crippen LogP contribution in [0.3, 0.4) is 0 Å². The van der Waals surface area contributed by atoms with Crippen molar-refractivity contribution in [2.45, 2.75) is 26.2 Å². The molecular formula is C18H19BrN2O2S. The van der Waals surface area contributed by atoms with Crippen LogP contribution in [0, 0.1) is 0 Å². The van der Waals surface area contributed by atoms with Gasteiger partial charge in [-0.15, -0.1) is 0 Å². The fraction of sp³-hybridized carbons (Fsp3) is 0.222. The van der Waals surface area contributed by atoms with Crippen molar-refractivity contribution in [3.05, 3.63) is 58.1 Å². The molecule has 2 aromatic rings. The number of phenols is 1. The van der Waals surface area contributed by atoms with Gasteiger partial charge in [0.1, 0.15) is 5.75 Å². The zero-order chi connectivity index (χ0) is 17.9. The first-order valence-electron chi connectivity index (χ1n) is 7.39. The Hall–Kier alpha value is -1.92. The van der Waals surface area contributed by atoms with Crippen LogP contribution in [-0.2, 0) is 5.41 Å². The molecule has 6 heteroatoms. The number of carbonyl (C=O) groups excluding carboxylic acids is 1. The van der Waals surface area contributed by atoms with Gasteiger partial charge in [0.25, 0.3) is 5.91 Å². The minimum Gasteiger partial charge on any atom is -0.506 e. The van der Waals surface area contributed by atoms with Gasteiger partial charge >= 0.3 is 0 Å². The van der Waals surface area contributed by atoms with E-state index in [1.165, 1.54) is 6.07 Å². The Kier molecular flexibility index (Phi) is 5.62. The number of para-hydroxylation sites is 2. The quantitative estimate of drug-likeness (QED) is 0.504. The second-order valence-electron chi connectivity index (χ2n) is 6.37. The van der Waals surface area contributed by atoms with Crippen molar-refractivity contribution in [1.82, 2.24) is 5.32 Å². The number of amides is 1. The van der Waals surface area contributed by atoms with E-state index < -0.39 is 0 Å². The number of carbonyl (C=O) groups is 1. The standard InChI is InChI=1S/C18H19BrN2O2S/c1-18(2,3)12-9-8-11(10-13(12)19)16(23)21-17(24)20-14-6-4-5-7-15(14)22/h4-10,22H,1-3H3,(H2,20,21,23,24). The first-order valence-corrected chi connectivity index (χ1v) is 8.59. The van der Waals surface area contributed by atoms with Crippen LogP contribution >= 0.6 is 28.1 Å². The molecule has 0 aliphatic rings. The number of phenolic OH excluding ortho intramolecular Hbond substituents is 1. The van der Waals surface area contributed by atoms with Crippen molar-refractivity contribution >= 4 is 44.9 Å². The molecule has 0 atom stereocenters. The van der Waals surface area contributed by atoms with E-state index in [-0.39, 0.29) is 22.2 Å². The van der Waals surface area contributed by atoms with Gasteiger partial charge in [-0.05, 0) is 47.5 Å². The van der Waals surface area contributed by atoms with E-state index in [0.717, 1.165) is 10.0 Å². The number of rotatable bonds is 2. The highest BCUT2D eigenvalue weighted by molar-refractivity contribution is 9.10. The monoisotopic (exact) mass is 406 g/mol. The summed E-state index contributed by atoms with van der Waals surface area (Å²) in [6.07, 6.45) is 0. The Morgan fingerprint density at radius 1 is 1.17 bits per heavy atom. The van der Waals surface area contributed by atoms with Crippen LogP contribution in [0.4, 0.5) is 5.69 Å². The summed E-state index contributed by atoms with van der Waals surface area (Å²) < 4.78 is 0.877. The van der Waals surface area contributed by atoms with Crippen LogP contribution in [0.1, 0.15) is 36.7 Å². The molecule has 0 fully saturated rings. The minimum absolute atomic E-state index is 0.0183. The normalized spacial score (nSPS) is 11.0. The molecule has 2 rings (SSSR count). The summed E-state index contributed by atoms with van der Waals surface area (Å²) in [7, 11) is 0. The van der Waals surface area contributed by atoms with Crippen LogP contribution in [0.5, 0.6) is 5.75 Å². The third kappa shape index (κ3) is 4.55. The van der Waals surface area contributed by atoms with Gasteiger partial charge in [0.15, 0.2) is 5.11 Å². The Bertz CT molecular complexity index is 785. The highest BCUT2D eigenvalue weighted by Gasteiger charge is 2.18. The summed E-state index contributed by atoms with van der Waals surface area (Å²) in [6.45, 7) is 6.33. The van der Waals surface area contributed by atoms with Crippen LogP contribution in [-0.4, -0.2) is 16.1 Å². The molecule has 1 amide bonds. The molecule has 2 aromatic carbocycles. The lowest BCUT2D eigenvalue weighted by Crippen LogP contribution is -2.34. The predicted octanol–water partition coefficient (Wildman–Crippen LogP) is 4.58. The number of aromatic hydroxyl groups is 1. The highest BCUT2D eigenvalue weighted by Crippen LogP contribution is 2.30. The Morgan fingerprint density at radius 3 is 2.42 bits per heavy atom. The number of nitrogens with one attached hydrogen (secondary N) is 2. The number of halogens is 1. The molecule has 0 saturated heterocycles.